The lowest BCUT2D eigenvalue weighted by atomic mass is 9.93. The van der Waals surface area contributed by atoms with Gasteiger partial charge in [-0.3, -0.25) is 4.79 Å². The number of alkyl halides is 1. The number of ether oxygens (including phenoxy) is 1. The Morgan fingerprint density at radius 3 is 2.43 bits per heavy atom. The molecule has 0 aliphatic rings. The minimum absolute atomic E-state index is 0.00917. The molecule has 0 aromatic heterocycles. The van der Waals surface area contributed by atoms with E-state index in [1.165, 1.54) is 18.2 Å². The SMILES string of the molecule is CCOC(=O)c1cccc(C(=O)CCBr)c1C(O)C(=O)O. The van der Waals surface area contributed by atoms with Gasteiger partial charge in [0.15, 0.2) is 11.9 Å². The quantitative estimate of drug-likeness (QED) is 0.438. The van der Waals surface area contributed by atoms with Crippen molar-refractivity contribution in [1.82, 2.24) is 0 Å². The van der Waals surface area contributed by atoms with Crippen LogP contribution in [0.2, 0.25) is 0 Å². The Kier molecular flexibility index (Phi) is 6.51. The molecule has 114 valence electrons. The summed E-state index contributed by atoms with van der Waals surface area (Å²) >= 11 is 3.12. The molecule has 0 spiro atoms. The van der Waals surface area contributed by atoms with Crippen LogP contribution >= 0.6 is 15.9 Å². The van der Waals surface area contributed by atoms with Crippen molar-refractivity contribution in [2.24, 2.45) is 0 Å². The predicted octanol–water partition coefficient (Wildman–Crippen LogP) is 1.95. The van der Waals surface area contributed by atoms with Gasteiger partial charge < -0.3 is 14.9 Å². The number of aliphatic carboxylic acids is 1. The van der Waals surface area contributed by atoms with Crippen LogP contribution in [0.4, 0.5) is 0 Å². The number of carbonyl (C=O) groups excluding carboxylic acids is 2. The average Bonchev–Trinajstić information content (AvgIpc) is 2.46. The maximum absolute atomic E-state index is 12.0. The number of benzene rings is 1. The number of hydrogen-bond donors (Lipinski definition) is 2. The van der Waals surface area contributed by atoms with Gasteiger partial charge in [-0.05, 0) is 13.0 Å². The Morgan fingerprint density at radius 2 is 1.90 bits per heavy atom. The highest BCUT2D eigenvalue weighted by atomic mass is 79.9. The summed E-state index contributed by atoms with van der Waals surface area (Å²) in [4.78, 5) is 35.0. The Labute approximate surface area is 129 Å². The highest BCUT2D eigenvalue weighted by Crippen LogP contribution is 2.25. The number of rotatable bonds is 7. The molecule has 0 fully saturated rings. The molecule has 7 heteroatoms. The summed E-state index contributed by atoms with van der Waals surface area (Å²) in [6.07, 6.45) is -1.86. The van der Waals surface area contributed by atoms with Crippen LogP contribution in [-0.2, 0) is 9.53 Å². The normalized spacial score (nSPS) is 11.8. The van der Waals surface area contributed by atoms with E-state index in [0.29, 0.717) is 5.33 Å². The smallest absolute Gasteiger partial charge is 0.338 e. The molecule has 0 radical (unpaired) electrons. The first-order valence-electron chi connectivity index (χ1n) is 6.24. The Hall–Kier alpha value is -1.73. The summed E-state index contributed by atoms with van der Waals surface area (Å²) in [6.45, 7) is 1.70. The van der Waals surface area contributed by atoms with E-state index in [4.69, 9.17) is 9.84 Å². The lowest BCUT2D eigenvalue weighted by Crippen LogP contribution is -2.20. The van der Waals surface area contributed by atoms with Crippen molar-refractivity contribution < 1.29 is 29.3 Å². The first-order chi connectivity index (χ1) is 9.93. The molecule has 1 aromatic rings. The Bertz CT molecular complexity index is 518. The molecule has 0 aliphatic heterocycles. The number of carbonyl (C=O) groups is 3. The van der Waals surface area contributed by atoms with E-state index in [-0.39, 0.29) is 35.5 Å². The highest BCUT2D eigenvalue weighted by Gasteiger charge is 2.28. The summed E-state index contributed by atoms with van der Waals surface area (Å²) in [7, 11) is 0. The second-order valence-corrected chi connectivity index (χ2v) is 4.88. The van der Waals surface area contributed by atoms with Gasteiger partial charge in [0.1, 0.15) is 0 Å². The van der Waals surface area contributed by atoms with Gasteiger partial charge in [0.05, 0.1) is 12.2 Å². The van der Waals surface area contributed by atoms with Crippen LogP contribution in [0.5, 0.6) is 0 Å². The molecular formula is C14H15BrO6. The second kappa shape index (κ2) is 7.90. The van der Waals surface area contributed by atoms with E-state index in [9.17, 15) is 19.5 Å². The third kappa shape index (κ3) is 4.12. The number of esters is 1. The molecule has 1 rings (SSSR count). The summed E-state index contributed by atoms with van der Waals surface area (Å²) in [6, 6.07) is 4.16. The van der Waals surface area contributed by atoms with Gasteiger partial charge >= 0.3 is 11.9 Å². The van der Waals surface area contributed by atoms with Gasteiger partial charge in [0.25, 0.3) is 0 Å². The van der Waals surface area contributed by atoms with Crippen LogP contribution in [-0.4, -0.2) is 39.9 Å². The highest BCUT2D eigenvalue weighted by molar-refractivity contribution is 9.09. The summed E-state index contributed by atoms with van der Waals surface area (Å²) < 4.78 is 4.83. The van der Waals surface area contributed by atoms with E-state index in [1.54, 1.807) is 6.92 Å². The van der Waals surface area contributed by atoms with Crippen LogP contribution in [0.15, 0.2) is 18.2 Å². The largest absolute Gasteiger partial charge is 0.479 e. The number of carboxylic acid groups (broad SMARTS) is 1. The zero-order valence-electron chi connectivity index (χ0n) is 11.3. The van der Waals surface area contributed by atoms with Gasteiger partial charge in [-0.1, -0.05) is 28.1 Å². The van der Waals surface area contributed by atoms with Crippen molar-refractivity contribution in [3.63, 3.8) is 0 Å². The summed E-state index contributed by atoms with van der Waals surface area (Å²) in [5.41, 5.74) is -0.337. The Morgan fingerprint density at radius 1 is 1.29 bits per heavy atom. The van der Waals surface area contributed by atoms with Crippen LogP contribution in [0.3, 0.4) is 0 Å². The van der Waals surface area contributed by atoms with Gasteiger partial charge in [0.2, 0.25) is 0 Å². The lowest BCUT2D eigenvalue weighted by Gasteiger charge is -2.15. The molecule has 21 heavy (non-hydrogen) atoms. The van der Waals surface area contributed by atoms with Crippen molar-refractivity contribution >= 4 is 33.7 Å². The van der Waals surface area contributed by atoms with Gasteiger partial charge in [0, 0.05) is 22.9 Å². The lowest BCUT2D eigenvalue weighted by molar-refractivity contribution is -0.147. The number of aliphatic hydroxyl groups excluding tert-OH is 1. The molecule has 1 atom stereocenters. The minimum Gasteiger partial charge on any atom is -0.479 e. The predicted molar refractivity (Wildman–Crippen MR) is 77.7 cm³/mol. The fourth-order valence-corrected chi connectivity index (χ4v) is 2.19. The maximum atomic E-state index is 12.0. The van der Waals surface area contributed by atoms with Crippen LogP contribution in [0.1, 0.15) is 45.7 Å². The minimum atomic E-state index is -1.97. The number of hydrogen-bond acceptors (Lipinski definition) is 5. The van der Waals surface area contributed by atoms with Crippen LogP contribution in [0, 0.1) is 0 Å². The first-order valence-corrected chi connectivity index (χ1v) is 7.36. The van der Waals surface area contributed by atoms with E-state index in [2.05, 4.69) is 15.9 Å². The molecule has 1 unspecified atom stereocenters. The van der Waals surface area contributed by atoms with Gasteiger partial charge in [-0.15, -0.1) is 0 Å². The molecule has 0 aliphatic carbocycles. The van der Waals surface area contributed by atoms with Crippen molar-refractivity contribution in [1.29, 1.82) is 0 Å². The fraction of sp³-hybridized carbons (Fsp3) is 0.357. The van der Waals surface area contributed by atoms with E-state index in [1.807, 2.05) is 0 Å². The molecule has 0 heterocycles. The van der Waals surface area contributed by atoms with Crippen LogP contribution in [0.25, 0.3) is 0 Å². The first kappa shape index (κ1) is 17.3. The van der Waals surface area contributed by atoms with Crippen molar-refractivity contribution in [3.8, 4) is 0 Å². The number of ketones is 1. The number of halogens is 1. The Balaban J connectivity index is 3.44. The average molecular weight is 359 g/mol. The van der Waals surface area contributed by atoms with E-state index in [0.717, 1.165) is 0 Å². The van der Waals surface area contributed by atoms with Crippen molar-refractivity contribution in [3.05, 3.63) is 34.9 Å². The summed E-state index contributed by atoms with van der Waals surface area (Å²) in [5.74, 6) is -2.69. The van der Waals surface area contributed by atoms with Crippen molar-refractivity contribution in [2.75, 3.05) is 11.9 Å². The second-order valence-electron chi connectivity index (χ2n) is 4.09. The summed E-state index contributed by atoms with van der Waals surface area (Å²) in [5, 5.41) is 19.2. The number of aliphatic hydroxyl groups is 1. The third-order valence-electron chi connectivity index (χ3n) is 2.73. The molecular weight excluding hydrogens is 344 g/mol. The molecule has 6 nitrogen and oxygen atoms in total. The van der Waals surface area contributed by atoms with Crippen LogP contribution < -0.4 is 0 Å². The third-order valence-corrected chi connectivity index (χ3v) is 3.13. The maximum Gasteiger partial charge on any atom is 0.338 e. The fourth-order valence-electron chi connectivity index (χ4n) is 1.83. The molecule has 0 saturated heterocycles. The monoisotopic (exact) mass is 358 g/mol. The number of carboxylic acids is 1. The molecule has 2 N–H and O–H groups in total. The zero-order valence-corrected chi connectivity index (χ0v) is 12.9. The molecule has 0 saturated carbocycles. The van der Waals surface area contributed by atoms with E-state index < -0.39 is 18.0 Å². The zero-order chi connectivity index (χ0) is 16.0. The molecule has 0 amide bonds. The van der Waals surface area contributed by atoms with E-state index >= 15 is 0 Å². The molecule has 1 aromatic carbocycles. The topological polar surface area (TPSA) is 101 Å². The standard InChI is InChI=1S/C14H15BrO6/c1-2-21-14(20)9-5-3-4-8(10(16)6-7-15)11(9)12(17)13(18)19/h3-5,12,17H,2,6-7H2,1H3,(H,18,19). The molecule has 0 bridgehead atoms. The number of Topliss-reactive ketones (excluding diaryl/α,β-unsaturated/α-hetero) is 1. The van der Waals surface area contributed by atoms with Gasteiger partial charge in [-0.2, -0.15) is 0 Å². The van der Waals surface area contributed by atoms with Crippen molar-refractivity contribution in [2.45, 2.75) is 19.4 Å². The van der Waals surface area contributed by atoms with Gasteiger partial charge in [-0.25, -0.2) is 9.59 Å².